The minimum absolute atomic E-state index is 0.160. The fourth-order valence-corrected chi connectivity index (χ4v) is 2.41. The molecule has 0 aliphatic rings. The third kappa shape index (κ3) is 1.95. The molecule has 92 valence electrons. The zero-order valence-corrected chi connectivity index (χ0v) is 11.5. The van der Waals surface area contributed by atoms with Gasteiger partial charge in [0.2, 0.25) is 0 Å². The van der Waals surface area contributed by atoms with Gasteiger partial charge < -0.3 is 0 Å². The van der Waals surface area contributed by atoms with Crippen LogP contribution in [0.4, 0.5) is 0 Å². The topological polar surface area (TPSA) is 26.9 Å². The summed E-state index contributed by atoms with van der Waals surface area (Å²) in [4.78, 5) is 12.2. The van der Waals surface area contributed by atoms with Crippen molar-refractivity contribution >= 4 is 0 Å². The van der Waals surface area contributed by atoms with Crippen molar-refractivity contribution in [1.82, 2.24) is 9.36 Å². The molecule has 1 heterocycles. The number of rotatable bonds is 3. The van der Waals surface area contributed by atoms with Crippen molar-refractivity contribution in [1.29, 1.82) is 0 Å². The summed E-state index contributed by atoms with van der Waals surface area (Å²) in [6.07, 6.45) is 0. The lowest BCUT2D eigenvalue weighted by Crippen LogP contribution is -2.22. The average molecular weight is 224 g/mol. The van der Waals surface area contributed by atoms with E-state index in [0.717, 1.165) is 5.56 Å². The Kier molecular flexibility index (Phi) is 3.66. The van der Waals surface area contributed by atoms with Gasteiger partial charge in [0, 0.05) is 24.3 Å². The molecule has 0 bridgehead atoms. The van der Waals surface area contributed by atoms with Gasteiger partial charge in [-0.25, -0.2) is 0 Å². The Morgan fingerprint density at radius 3 is 1.75 bits per heavy atom. The molecule has 0 radical (unpaired) electrons. The van der Waals surface area contributed by atoms with Crippen molar-refractivity contribution in [2.75, 3.05) is 0 Å². The Morgan fingerprint density at radius 1 is 0.938 bits per heavy atom. The Morgan fingerprint density at radius 2 is 1.44 bits per heavy atom. The van der Waals surface area contributed by atoms with E-state index < -0.39 is 0 Å². The minimum atomic E-state index is 0.160. The third-order valence-electron chi connectivity index (χ3n) is 2.98. The number of aromatic nitrogens is 2. The van der Waals surface area contributed by atoms with Gasteiger partial charge in [0.05, 0.1) is 0 Å². The summed E-state index contributed by atoms with van der Waals surface area (Å²) in [6, 6.07) is 0.322. The summed E-state index contributed by atoms with van der Waals surface area (Å²) in [7, 11) is 1.86. The van der Waals surface area contributed by atoms with E-state index in [0.29, 0.717) is 12.0 Å². The molecular formula is C13H24N2O. The van der Waals surface area contributed by atoms with Gasteiger partial charge in [0.25, 0.3) is 5.56 Å². The summed E-state index contributed by atoms with van der Waals surface area (Å²) < 4.78 is 3.89. The number of hydrogen-bond donors (Lipinski definition) is 0. The first-order valence-electron chi connectivity index (χ1n) is 6.10. The molecule has 0 aliphatic heterocycles. The van der Waals surface area contributed by atoms with Crippen LogP contribution in [0.2, 0.25) is 0 Å². The van der Waals surface area contributed by atoms with Crippen LogP contribution in [0.3, 0.4) is 0 Å². The van der Waals surface area contributed by atoms with Gasteiger partial charge in [-0.1, -0.05) is 27.7 Å². The molecule has 0 aliphatic carbocycles. The Balaban J connectivity index is 3.63. The van der Waals surface area contributed by atoms with E-state index >= 15 is 0 Å². The lowest BCUT2D eigenvalue weighted by molar-refractivity contribution is 0.419. The molecule has 3 heteroatoms. The van der Waals surface area contributed by atoms with Gasteiger partial charge in [-0.15, -0.1) is 0 Å². The van der Waals surface area contributed by atoms with Gasteiger partial charge in [0.15, 0.2) is 0 Å². The molecular weight excluding hydrogens is 200 g/mol. The predicted octanol–water partition coefficient (Wildman–Crippen LogP) is 3.01. The maximum atomic E-state index is 12.2. The van der Waals surface area contributed by atoms with Crippen LogP contribution >= 0.6 is 0 Å². The van der Waals surface area contributed by atoms with Crippen LogP contribution in [-0.2, 0) is 7.05 Å². The van der Waals surface area contributed by atoms with Crippen molar-refractivity contribution in [3.63, 3.8) is 0 Å². The summed E-state index contributed by atoms with van der Waals surface area (Å²) in [5, 5.41) is 0. The quantitative estimate of drug-likeness (QED) is 0.775. The second-order valence-electron chi connectivity index (χ2n) is 5.38. The third-order valence-corrected chi connectivity index (χ3v) is 2.98. The normalized spacial score (nSPS) is 12.1. The summed E-state index contributed by atoms with van der Waals surface area (Å²) in [5.74, 6) is 0.671. The van der Waals surface area contributed by atoms with Crippen molar-refractivity contribution in [3.8, 4) is 0 Å². The van der Waals surface area contributed by atoms with Gasteiger partial charge in [-0.3, -0.25) is 14.2 Å². The summed E-state index contributed by atoms with van der Waals surface area (Å²) >= 11 is 0. The first-order valence-corrected chi connectivity index (χ1v) is 6.10. The molecule has 0 N–H and O–H groups in total. The Hall–Kier alpha value is -0.990. The number of nitrogens with zero attached hydrogens (tertiary/aromatic N) is 2. The molecule has 1 aromatic rings. The molecule has 0 saturated carbocycles. The smallest absolute Gasteiger partial charge is 0.270 e. The van der Waals surface area contributed by atoms with Crippen LogP contribution in [0.1, 0.15) is 70.7 Å². The maximum Gasteiger partial charge on any atom is 0.270 e. The highest BCUT2D eigenvalue weighted by Crippen LogP contribution is 2.26. The van der Waals surface area contributed by atoms with Crippen LogP contribution in [0.5, 0.6) is 0 Å². The van der Waals surface area contributed by atoms with E-state index in [-0.39, 0.29) is 11.5 Å². The molecule has 16 heavy (non-hydrogen) atoms. The molecule has 0 unspecified atom stereocenters. The molecule has 1 rings (SSSR count). The number of hydrogen-bond acceptors (Lipinski definition) is 1. The van der Waals surface area contributed by atoms with Crippen LogP contribution in [0.25, 0.3) is 0 Å². The standard InChI is InChI=1S/C13H24N2O/c1-8(2)11-12(9(3)4)15(10(5)6)14(7)13(11)16/h8-10H,1-7H3. The first-order chi connectivity index (χ1) is 7.29. The monoisotopic (exact) mass is 224 g/mol. The van der Waals surface area contributed by atoms with Crippen LogP contribution in [0.15, 0.2) is 4.79 Å². The van der Waals surface area contributed by atoms with E-state index in [2.05, 4.69) is 46.2 Å². The highest BCUT2D eigenvalue weighted by Gasteiger charge is 2.23. The minimum Gasteiger partial charge on any atom is -0.284 e. The summed E-state index contributed by atoms with van der Waals surface area (Å²) in [6.45, 7) is 12.7. The second kappa shape index (κ2) is 4.48. The second-order valence-corrected chi connectivity index (χ2v) is 5.38. The van der Waals surface area contributed by atoms with Gasteiger partial charge in [0.1, 0.15) is 0 Å². The average Bonchev–Trinajstić information content (AvgIpc) is 2.39. The van der Waals surface area contributed by atoms with Crippen molar-refractivity contribution in [2.45, 2.75) is 59.4 Å². The largest absolute Gasteiger partial charge is 0.284 e. The molecule has 0 saturated heterocycles. The molecule has 0 amide bonds. The SMILES string of the molecule is CC(C)c1c(C(C)C)n(C(C)C)n(C)c1=O. The fraction of sp³-hybridized carbons (Fsp3) is 0.769. The van der Waals surface area contributed by atoms with Crippen molar-refractivity contribution < 1.29 is 0 Å². The molecule has 0 aromatic carbocycles. The first kappa shape index (κ1) is 13.1. The molecule has 0 fully saturated rings. The van der Waals surface area contributed by atoms with E-state index in [1.165, 1.54) is 5.69 Å². The lowest BCUT2D eigenvalue weighted by Gasteiger charge is -2.19. The van der Waals surface area contributed by atoms with E-state index in [4.69, 9.17) is 0 Å². The van der Waals surface area contributed by atoms with Crippen LogP contribution in [0, 0.1) is 0 Å². The summed E-state index contributed by atoms with van der Waals surface area (Å²) in [5.41, 5.74) is 2.33. The van der Waals surface area contributed by atoms with E-state index in [9.17, 15) is 4.79 Å². The zero-order chi connectivity index (χ0) is 12.6. The van der Waals surface area contributed by atoms with E-state index in [1.807, 2.05) is 7.05 Å². The van der Waals surface area contributed by atoms with Crippen LogP contribution in [-0.4, -0.2) is 9.36 Å². The molecule has 3 nitrogen and oxygen atoms in total. The fourth-order valence-electron chi connectivity index (χ4n) is 2.41. The zero-order valence-electron chi connectivity index (χ0n) is 11.5. The predicted molar refractivity (Wildman–Crippen MR) is 68.2 cm³/mol. The van der Waals surface area contributed by atoms with Gasteiger partial charge >= 0.3 is 0 Å². The lowest BCUT2D eigenvalue weighted by atomic mass is 9.97. The molecule has 0 atom stereocenters. The molecule has 1 aromatic heterocycles. The van der Waals surface area contributed by atoms with Crippen LogP contribution < -0.4 is 5.56 Å². The molecule has 0 spiro atoms. The van der Waals surface area contributed by atoms with E-state index in [1.54, 1.807) is 4.68 Å². The van der Waals surface area contributed by atoms with Gasteiger partial charge in [-0.05, 0) is 25.7 Å². The highest BCUT2D eigenvalue weighted by molar-refractivity contribution is 5.25. The Bertz CT molecular complexity index is 422. The van der Waals surface area contributed by atoms with Crippen molar-refractivity contribution in [3.05, 3.63) is 21.6 Å². The van der Waals surface area contributed by atoms with Crippen molar-refractivity contribution in [2.24, 2.45) is 7.05 Å². The van der Waals surface area contributed by atoms with Gasteiger partial charge in [-0.2, -0.15) is 0 Å². The maximum absolute atomic E-state index is 12.2. The Labute approximate surface area is 98.1 Å². The highest BCUT2D eigenvalue weighted by atomic mass is 16.1.